The molecule has 0 aromatic heterocycles. The maximum absolute atomic E-state index is 11.6. The molecule has 122 valence electrons. The van der Waals surface area contributed by atoms with E-state index in [0.29, 0.717) is 12.8 Å². The average Bonchev–Trinajstić information content (AvgIpc) is 2.50. The third-order valence-corrected chi connectivity index (χ3v) is 4.24. The summed E-state index contributed by atoms with van der Waals surface area (Å²) in [4.78, 5) is 32.1. The van der Waals surface area contributed by atoms with Crippen molar-refractivity contribution in [1.82, 2.24) is 0 Å². The Morgan fingerprint density at radius 3 is 1.57 bits per heavy atom. The van der Waals surface area contributed by atoms with Crippen LogP contribution in [0.15, 0.2) is 0 Å². The maximum Gasteiger partial charge on any atom is 0.126 e. The standard InChI is InChI=1S/C18H32O3/c1-2-12-18(17-21,14-9-5-7-11-16-20)13-8-4-3-6-10-15-19/h15-17H,2-14H2,1H3. The van der Waals surface area contributed by atoms with Crippen LogP contribution in [0.4, 0.5) is 0 Å². The Kier molecular flexibility index (Phi) is 13.3. The normalized spacial score (nSPS) is 13.6. The molecule has 0 aliphatic heterocycles. The van der Waals surface area contributed by atoms with Crippen molar-refractivity contribution < 1.29 is 14.4 Å². The zero-order valence-corrected chi connectivity index (χ0v) is 13.6. The topological polar surface area (TPSA) is 51.2 Å². The van der Waals surface area contributed by atoms with Crippen LogP contribution in [-0.4, -0.2) is 18.9 Å². The third kappa shape index (κ3) is 10.4. The van der Waals surface area contributed by atoms with Gasteiger partial charge in [0.2, 0.25) is 0 Å². The molecule has 0 aromatic carbocycles. The van der Waals surface area contributed by atoms with Gasteiger partial charge < -0.3 is 14.4 Å². The molecule has 0 bridgehead atoms. The predicted molar refractivity (Wildman–Crippen MR) is 86.3 cm³/mol. The summed E-state index contributed by atoms with van der Waals surface area (Å²) in [6.45, 7) is 2.13. The van der Waals surface area contributed by atoms with Crippen LogP contribution < -0.4 is 0 Å². The number of aldehydes is 3. The Labute approximate surface area is 129 Å². The van der Waals surface area contributed by atoms with E-state index in [-0.39, 0.29) is 5.41 Å². The molecule has 1 atom stereocenters. The van der Waals surface area contributed by atoms with Gasteiger partial charge >= 0.3 is 0 Å². The van der Waals surface area contributed by atoms with Crippen LogP contribution in [0, 0.1) is 5.41 Å². The molecule has 0 amide bonds. The number of carbonyl (C=O) groups is 3. The molecule has 0 radical (unpaired) electrons. The van der Waals surface area contributed by atoms with Gasteiger partial charge in [-0.3, -0.25) is 0 Å². The van der Waals surface area contributed by atoms with Gasteiger partial charge in [-0.05, 0) is 32.1 Å². The minimum Gasteiger partial charge on any atom is -0.303 e. The SMILES string of the molecule is CCCC(C=O)(CCCCCC=O)CCCCCCC=O. The lowest BCUT2D eigenvalue weighted by Gasteiger charge is -2.28. The van der Waals surface area contributed by atoms with Crippen molar-refractivity contribution in [3.05, 3.63) is 0 Å². The first-order valence-electron chi connectivity index (χ1n) is 8.58. The Morgan fingerprint density at radius 1 is 0.667 bits per heavy atom. The molecule has 0 aliphatic carbocycles. The molecule has 0 saturated heterocycles. The van der Waals surface area contributed by atoms with E-state index in [1.54, 1.807) is 0 Å². The minimum atomic E-state index is -0.152. The molecule has 0 saturated carbocycles. The van der Waals surface area contributed by atoms with E-state index in [1.807, 2.05) is 0 Å². The lowest BCUT2D eigenvalue weighted by Crippen LogP contribution is -2.22. The Balaban J connectivity index is 4.05. The Morgan fingerprint density at radius 2 is 1.14 bits per heavy atom. The van der Waals surface area contributed by atoms with Gasteiger partial charge in [0, 0.05) is 18.3 Å². The molecule has 3 nitrogen and oxygen atoms in total. The highest BCUT2D eigenvalue weighted by Crippen LogP contribution is 2.34. The van der Waals surface area contributed by atoms with Crippen LogP contribution in [0.1, 0.15) is 90.4 Å². The van der Waals surface area contributed by atoms with Crippen molar-refractivity contribution in [2.45, 2.75) is 90.4 Å². The van der Waals surface area contributed by atoms with Crippen LogP contribution >= 0.6 is 0 Å². The summed E-state index contributed by atoms with van der Waals surface area (Å²) in [5.74, 6) is 0. The molecule has 3 heteroatoms. The first kappa shape index (κ1) is 20.0. The summed E-state index contributed by atoms with van der Waals surface area (Å²) in [6.07, 6.45) is 15.6. The number of carbonyl (C=O) groups excluding carboxylic acids is 3. The van der Waals surface area contributed by atoms with E-state index in [1.165, 1.54) is 6.29 Å². The summed E-state index contributed by atoms with van der Waals surface area (Å²) in [7, 11) is 0. The minimum absolute atomic E-state index is 0.152. The fourth-order valence-corrected chi connectivity index (χ4v) is 2.99. The maximum atomic E-state index is 11.6. The van der Waals surface area contributed by atoms with Crippen molar-refractivity contribution in [1.29, 1.82) is 0 Å². The highest BCUT2D eigenvalue weighted by Gasteiger charge is 2.27. The fraction of sp³-hybridized carbons (Fsp3) is 0.833. The molecule has 0 fully saturated rings. The van der Waals surface area contributed by atoms with E-state index < -0.39 is 0 Å². The molecule has 1 unspecified atom stereocenters. The number of rotatable bonds is 16. The molecular weight excluding hydrogens is 264 g/mol. The Hall–Kier alpha value is -0.990. The molecule has 0 spiro atoms. The van der Waals surface area contributed by atoms with Gasteiger partial charge in [-0.25, -0.2) is 0 Å². The summed E-state index contributed by atoms with van der Waals surface area (Å²) < 4.78 is 0. The molecular formula is C18H32O3. The summed E-state index contributed by atoms with van der Waals surface area (Å²) in [5, 5.41) is 0. The Bertz CT molecular complexity index is 276. The van der Waals surface area contributed by atoms with Gasteiger partial charge in [0.15, 0.2) is 0 Å². The molecule has 0 N–H and O–H groups in total. The van der Waals surface area contributed by atoms with Crippen molar-refractivity contribution in [2.75, 3.05) is 0 Å². The quantitative estimate of drug-likeness (QED) is 0.307. The highest BCUT2D eigenvalue weighted by atomic mass is 16.1. The van der Waals surface area contributed by atoms with E-state index in [0.717, 1.165) is 83.2 Å². The van der Waals surface area contributed by atoms with Gasteiger partial charge in [-0.1, -0.05) is 45.4 Å². The van der Waals surface area contributed by atoms with Crippen LogP contribution in [0.25, 0.3) is 0 Å². The smallest absolute Gasteiger partial charge is 0.126 e. The van der Waals surface area contributed by atoms with Crippen LogP contribution in [0.5, 0.6) is 0 Å². The second-order valence-corrected chi connectivity index (χ2v) is 6.12. The largest absolute Gasteiger partial charge is 0.303 e. The van der Waals surface area contributed by atoms with Crippen molar-refractivity contribution >= 4 is 18.9 Å². The molecule has 0 heterocycles. The molecule has 21 heavy (non-hydrogen) atoms. The van der Waals surface area contributed by atoms with E-state index in [9.17, 15) is 14.4 Å². The van der Waals surface area contributed by atoms with Gasteiger partial charge in [-0.15, -0.1) is 0 Å². The average molecular weight is 296 g/mol. The lowest BCUT2D eigenvalue weighted by atomic mass is 9.76. The van der Waals surface area contributed by atoms with Crippen molar-refractivity contribution in [2.24, 2.45) is 5.41 Å². The second-order valence-electron chi connectivity index (χ2n) is 6.12. The summed E-state index contributed by atoms with van der Waals surface area (Å²) in [6, 6.07) is 0. The van der Waals surface area contributed by atoms with E-state index in [4.69, 9.17) is 0 Å². The van der Waals surface area contributed by atoms with Gasteiger partial charge in [0.25, 0.3) is 0 Å². The van der Waals surface area contributed by atoms with E-state index in [2.05, 4.69) is 6.92 Å². The van der Waals surface area contributed by atoms with Gasteiger partial charge in [0.05, 0.1) is 0 Å². The summed E-state index contributed by atoms with van der Waals surface area (Å²) >= 11 is 0. The van der Waals surface area contributed by atoms with Gasteiger partial charge in [-0.2, -0.15) is 0 Å². The lowest BCUT2D eigenvalue weighted by molar-refractivity contribution is -0.117. The number of unbranched alkanes of at least 4 members (excludes halogenated alkanes) is 7. The first-order valence-corrected chi connectivity index (χ1v) is 8.58. The first-order chi connectivity index (χ1) is 10.2. The zero-order chi connectivity index (χ0) is 15.8. The predicted octanol–water partition coefficient (Wildman–Crippen LogP) is 4.66. The van der Waals surface area contributed by atoms with Gasteiger partial charge in [0.1, 0.15) is 18.9 Å². The molecule has 0 rings (SSSR count). The van der Waals surface area contributed by atoms with Crippen LogP contribution in [0.2, 0.25) is 0 Å². The fourth-order valence-electron chi connectivity index (χ4n) is 2.99. The van der Waals surface area contributed by atoms with E-state index >= 15 is 0 Å². The van der Waals surface area contributed by atoms with Crippen LogP contribution in [-0.2, 0) is 14.4 Å². The number of hydrogen-bond acceptors (Lipinski definition) is 3. The summed E-state index contributed by atoms with van der Waals surface area (Å²) in [5.41, 5.74) is -0.152. The third-order valence-electron chi connectivity index (χ3n) is 4.24. The van der Waals surface area contributed by atoms with Crippen molar-refractivity contribution in [3.63, 3.8) is 0 Å². The number of hydrogen-bond donors (Lipinski definition) is 0. The zero-order valence-electron chi connectivity index (χ0n) is 13.6. The molecule has 0 aromatic rings. The highest BCUT2D eigenvalue weighted by molar-refractivity contribution is 5.59. The second kappa shape index (κ2) is 14.0. The van der Waals surface area contributed by atoms with Crippen molar-refractivity contribution in [3.8, 4) is 0 Å². The van der Waals surface area contributed by atoms with Crippen LogP contribution in [0.3, 0.4) is 0 Å². The molecule has 0 aliphatic rings. The monoisotopic (exact) mass is 296 g/mol.